The molecule has 10 heteroatoms. The zero-order valence-electron chi connectivity index (χ0n) is 15.2. The molecule has 28 heavy (non-hydrogen) atoms. The molecule has 0 saturated heterocycles. The van der Waals surface area contributed by atoms with Crippen molar-refractivity contribution in [3.05, 3.63) is 46.7 Å². The van der Waals surface area contributed by atoms with Crippen molar-refractivity contribution in [3.8, 4) is 0 Å². The summed E-state index contributed by atoms with van der Waals surface area (Å²) in [7, 11) is 0. The Morgan fingerprint density at radius 2 is 2.14 bits per heavy atom. The van der Waals surface area contributed by atoms with E-state index in [9.17, 15) is 9.59 Å². The summed E-state index contributed by atoms with van der Waals surface area (Å²) in [6.07, 6.45) is 4.52. The SMILES string of the molecule is NC(N)=NCCCC(NC(=O)[C@@H]1C=CC[N-]1)C(=O)c1nc2ccccc2s1.[Ac]. The van der Waals surface area contributed by atoms with E-state index in [4.69, 9.17) is 11.5 Å². The quantitative estimate of drug-likeness (QED) is 0.136. The molecule has 1 amide bonds. The number of thiazole rings is 1. The molecule has 1 aromatic heterocycles. The molecule has 0 aliphatic carbocycles. The van der Waals surface area contributed by atoms with Crippen molar-refractivity contribution in [2.24, 2.45) is 16.5 Å². The molecule has 0 fully saturated rings. The number of benzene rings is 1. The molecule has 2 atom stereocenters. The number of carbonyl (C=O) groups is 2. The van der Waals surface area contributed by atoms with Crippen LogP contribution in [-0.2, 0) is 4.79 Å². The normalized spacial score (nSPS) is 16.4. The van der Waals surface area contributed by atoms with Crippen molar-refractivity contribution >= 4 is 39.2 Å². The van der Waals surface area contributed by atoms with Crippen molar-refractivity contribution in [2.45, 2.75) is 24.9 Å². The van der Waals surface area contributed by atoms with Crippen molar-refractivity contribution < 1.29 is 53.7 Å². The van der Waals surface area contributed by atoms with Crippen LogP contribution in [0, 0.1) is 44.1 Å². The van der Waals surface area contributed by atoms with Gasteiger partial charge < -0.3 is 22.1 Å². The molecule has 1 aliphatic heterocycles. The van der Waals surface area contributed by atoms with Gasteiger partial charge in [0.05, 0.1) is 16.3 Å². The smallest absolute Gasteiger partial charge is 0.213 e. The summed E-state index contributed by atoms with van der Waals surface area (Å²) in [6, 6.07) is 6.30. The van der Waals surface area contributed by atoms with Crippen molar-refractivity contribution in [3.63, 3.8) is 0 Å². The number of para-hydroxylation sites is 1. The van der Waals surface area contributed by atoms with E-state index in [2.05, 4.69) is 20.6 Å². The Hall–Kier alpha value is -1.34. The van der Waals surface area contributed by atoms with Crippen molar-refractivity contribution in [1.82, 2.24) is 10.3 Å². The summed E-state index contributed by atoms with van der Waals surface area (Å²) in [4.78, 5) is 33.7. The standard InChI is InChI=1S/C18H21N6O2S.Ac/c19-18(20)22-10-3-6-12(23-16(26)13-7-4-9-21-13)15(25)17-24-11-5-1-2-8-14(11)27-17;/h1-2,4-5,7-8,12-13H,3,6,9-10H2,(H,23,26)(H4,19,20,22);/q-1;/t12?,13-;/m0./s1. The monoisotopic (exact) mass is 612 g/mol. The Bertz CT molecular complexity index is 860. The Morgan fingerprint density at radius 1 is 1.36 bits per heavy atom. The van der Waals surface area contributed by atoms with E-state index in [0.29, 0.717) is 30.9 Å². The summed E-state index contributed by atoms with van der Waals surface area (Å²) in [5, 5.41) is 7.36. The maximum atomic E-state index is 13.0. The van der Waals surface area contributed by atoms with Gasteiger partial charge in [-0.1, -0.05) is 18.2 Å². The summed E-state index contributed by atoms with van der Waals surface area (Å²) in [6.45, 7) is 0.897. The second-order valence-corrected chi connectivity index (χ2v) is 7.13. The Labute approximate surface area is 202 Å². The molecule has 0 saturated carbocycles. The molecule has 1 aromatic carbocycles. The number of amides is 1. The van der Waals surface area contributed by atoms with E-state index in [1.54, 1.807) is 6.08 Å². The number of nitrogens with zero attached hydrogens (tertiary/aromatic N) is 3. The molecule has 0 bridgehead atoms. The molecule has 2 heterocycles. The van der Waals surface area contributed by atoms with Gasteiger partial charge in [0.2, 0.25) is 11.7 Å². The fourth-order valence-corrected chi connectivity index (χ4v) is 3.71. The van der Waals surface area contributed by atoms with E-state index in [-0.39, 0.29) is 61.7 Å². The molecular formula is C18H21AcN6O2S-. The minimum Gasteiger partial charge on any atom is -0.645 e. The Kier molecular flexibility index (Phi) is 9.02. The zero-order chi connectivity index (χ0) is 19.2. The summed E-state index contributed by atoms with van der Waals surface area (Å²) < 4.78 is 0.931. The number of hydrogen-bond acceptors (Lipinski definition) is 5. The predicted molar refractivity (Wildman–Crippen MR) is 107 cm³/mol. The minimum atomic E-state index is -0.698. The van der Waals surface area contributed by atoms with Gasteiger partial charge in [-0.3, -0.25) is 14.6 Å². The van der Waals surface area contributed by atoms with Crippen LogP contribution in [0.1, 0.15) is 22.6 Å². The number of Topliss-reactive ketones (excluding diaryl/α,β-unsaturated/α-hetero) is 1. The van der Waals surface area contributed by atoms with E-state index < -0.39 is 12.1 Å². The van der Waals surface area contributed by atoms with Crippen LogP contribution in [0.2, 0.25) is 0 Å². The van der Waals surface area contributed by atoms with E-state index >= 15 is 0 Å². The third kappa shape index (κ3) is 6.08. The van der Waals surface area contributed by atoms with Gasteiger partial charge in [-0.25, -0.2) is 4.98 Å². The van der Waals surface area contributed by atoms with E-state index in [1.807, 2.05) is 30.3 Å². The maximum Gasteiger partial charge on any atom is 0.213 e. The number of aromatic nitrogens is 1. The largest absolute Gasteiger partial charge is 0.645 e. The third-order valence-electron chi connectivity index (χ3n) is 4.08. The molecule has 145 valence electrons. The number of carbonyl (C=O) groups excluding carboxylic acids is 2. The average molecular weight is 612 g/mol. The number of nitrogens with one attached hydrogen (secondary N) is 1. The fraction of sp³-hybridized carbons (Fsp3) is 0.333. The number of fused-ring (bicyclic) bond motifs is 1. The first kappa shape index (κ1) is 22.9. The van der Waals surface area contributed by atoms with Crippen LogP contribution in [0.3, 0.4) is 0 Å². The molecule has 1 aliphatic rings. The maximum absolute atomic E-state index is 13.0. The first-order valence-electron chi connectivity index (χ1n) is 8.63. The second-order valence-electron chi connectivity index (χ2n) is 6.10. The summed E-state index contributed by atoms with van der Waals surface area (Å²) >= 11 is 1.32. The van der Waals surface area contributed by atoms with Gasteiger partial charge in [-0.05, 0) is 31.0 Å². The number of nitrogens with two attached hydrogens (primary N) is 2. The number of guanidine groups is 1. The Balaban J connectivity index is 0.00000280. The summed E-state index contributed by atoms with van der Waals surface area (Å²) in [5.41, 5.74) is 11.4. The van der Waals surface area contributed by atoms with Gasteiger partial charge in [0.15, 0.2) is 11.0 Å². The van der Waals surface area contributed by atoms with Gasteiger partial charge >= 0.3 is 0 Å². The second kappa shape index (κ2) is 11.0. The van der Waals surface area contributed by atoms with Crippen LogP contribution in [0.25, 0.3) is 15.5 Å². The van der Waals surface area contributed by atoms with Crippen LogP contribution in [0.4, 0.5) is 0 Å². The van der Waals surface area contributed by atoms with Crippen LogP contribution in [-0.4, -0.2) is 47.8 Å². The van der Waals surface area contributed by atoms with Crippen LogP contribution in [0.15, 0.2) is 41.4 Å². The first-order chi connectivity index (χ1) is 13.0. The molecular weight excluding hydrogens is 591 g/mol. The van der Waals surface area contributed by atoms with Gasteiger partial charge in [0.25, 0.3) is 0 Å². The molecule has 1 radical (unpaired) electrons. The zero-order valence-corrected chi connectivity index (χ0v) is 20.8. The first-order valence-corrected chi connectivity index (χ1v) is 9.45. The predicted octanol–water partition coefficient (Wildman–Crippen LogP) is 1.33. The topological polar surface area (TPSA) is 138 Å². The Morgan fingerprint density at radius 3 is 2.82 bits per heavy atom. The molecule has 1 unspecified atom stereocenters. The molecule has 5 N–H and O–H groups in total. The molecule has 3 rings (SSSR count). The fourth-order valence-electron chi connectivity index (χ4n) is 2.75. The number of aliphatic imine (C=N–C) groups is 1. The molecule has 2 aromatic rings. The van der Waals surface area contributed by atoms with Gasteiger partial charge in [-0.15, -0.1) is 24.0 Å². The third-order valence-corrected chi connectivity index (χ3v) is 5.13. The van der Waals surface area contributed by atoms with Gasteiger partial charge in [0, 0.05) is 50.6 Å². The molecule has 0 spiro atoms. The van der Waals surface area contributed by atoms with Crippen molar-refractivity contribution in [1.29, 1.82) is 0 Å². The summed E-state index contributed by atoms with van der Waals surface area (Å²) in [5.74, 6) is -0.496. The van der Waals surface area contributed by atoms with Gasteiger partial charge in [-0.2, -0.15) is 0 Å². The van der Waals surface area contributed by atoms with Crippen molar-refractivity contribution in [2.75, 3.05) is 13.1 Å². The van der Waals surface area contributed by atoms with Crippen LogP contribution >= 0.6 is 11.3 Å². The van der Waals surface area contributed by atoms with E-state index in [0.717, 1.165) is 10.2 Å². The number of hydrogen-bond donors (Lipinski definition) is 3. The number of rotatable bonds is 8. The number of ketones is 1. The molecule has 8 nitrogen and oxygen atoms in total. The average Bonchev–Trinajstić information content (AvgIpc) is 3.32. The van der Waals surface area contributed by atoms with E-state index in [1.165, 1.54) is 11.3 Å². The van der Waals surface area contributed by atoms with Gasteiger partial charge in [0.1, 0.15) is 0 Å². The van der Waals surface area contributed by atoms with Crippen LogP contribution < -0.4 is 16.8 Å². The van der Waals surface area contributed by atoms with Crippen LogP contribution in [0.5, 0.6) is 0 Å². The minimum absolute atomic E-state index is 0.